The van der Waals surface area contributed by atoms with E-state index in [0.717, 1.165) is 5.56 Å². The van der Waals surface area contributed by atoms with Gasteiger partial charge in [-0.2, -0.15) is 10.2 Å². The second kappa shape index (κ2) is 9.84. The number of Topliss-reactive ketones (excluding diaryl/α,β-unsaturated/α-hetero) is 1. The Kier molecular flexibility index (Phi) is 7.43. The summed E-state index contributed by atoms with van der Waals surface area (Å²) in [6.45, 7) is 3.16. The molecular weight excluding hydrogens is 425 g/mol. The summed E-state index contributed by atoms with van der Waals surface area (Å²) in [5, 5.41) is 10.4. The molecule has 1 fully saturated rings. The molecule has 1 aromatic rings. The van der Waals surface area contributed by atoms with Crippen LogP contribution in [0, 0.1) is 6.92 Å². The van der Waals surface area contributed by atoms with Crippen LogP contribution in [0.1, 0.15) is 38.2 Å². The number of ketones is 1. The minimum absolute atomic E-state index is 0.208. The monoisotopic (exact) mass is 449 g/mol. The van der Waals surface area contributed by atoms with Gasteiger partial charge in [-0.1, -0.05) is 18.2 Å². The van der Waals surface area contributed by atoms with Gasteiger partial charge in [0.2, 0.25) is 16.1 Å². The Hall–Kier alpha value is -2.05. The Morgan fingerprint density at radius 2 is 1.90 bits per heavy atom. The summed E-state index contributed by atoms with van der Waals surface area (Å²) in [5.41, 5.74) is 3.10. The molecule has 160 valence electrons. The van der Waals surface area contributed by atoms with E-state index in [2.05, 4.69) is 25.1 Å². The topological polar surface area (TPSA) is 129 Å². The molecule has 2 N–H and O–H groups in total. The number of aryl methyl sites for hydroxylation is 1. The van der Waals surface area contributed by atoms with E-state index in [0.29, 0.717) is 31.4 Å². The van der Waals surface area contributed by atoms with Crippen LogP contribution in [0.15, 0.2) is 39.4 Å². The summed E-state index contributed by atoms with van der Waals surface area (Å²) >= 11 is 1.33. The fraction of sp³-hybridized carbons (Fsp3) is 0.500. The average molecular weight is 449 g/mol. The lowest BCUT2D eigenvalue weighted by molar-refractivity contribution is -0.126. The molecule has 1 saturated carbocycles. The van der Waals surface area contributed by atoms with Crippen LogP contribution in [-0.2, 0) is 19.6 Å². The van der Waals surface area contributed by atoms with Gasteiger partial charge in [-0.05, 0) is 51.2 Å². The van der Waals surface area contributed by atoms with Gasteiger partial charge in [0.15, 0.2) is 5.78 Å². The Morgan fingerprint density at radius 3 is 2.47 bits per heavy atom. The Labute approximate surface area is 180 Å². The summed E-state index contributed by atoms with van der Waals surface area (Å²) < 4.78 is 27.4. The van der Waals surface area contributed by atoms with Crippen molar-refractivity contribution in [3.05, 3.63) is 29.8 Å². The average Bonchev–Trinajstić information content (AvgIpc) is 2.67. The highest BCUT2D eigenvalue weighted by molar-refractivity contribution is 8.38. The van der Waals surface area contributed by atoms with Crippen molar-refractivity contribution >= 4 is 50.8 Å². The third-order valence-corrected chi connectivity index (χ3v) is 7.91. The number of rotatable bonds is 8. The molecule has 30 heavy (non-hydrogen) atoms. The molecule has 0 bridgehead atoms. The summed E-state index contributed by atoms with van der Waals surface area (Å²) in [5.74, 6) is -0.927. The maximum Gasteiger partial charge on any atom is 0.450 e. The molecule has 12 heteroatoms. The molecule has 1 aliphatic heterocycles. The maximum absolute atomic E-state index is 12.5. The van der Waals surface area contributed by atoms with Crippen molar-refractivity contribution in [3.63, 3.8) is 0 Å². The summed E-state index contributed by atoms with van der Waals surface area (Å²) in [4.78, 5) is 28.4. The van der Waals surface area contributed by atoms with E-state index in [9.17, 15) is 18.0 Å². The third kappa shape index (κ3) is 5.76. The first-order chi connectivity index (χ1) is 14.3. The number of hydrogen-bond donors (Lipinski definition) is 2. The molecule has 1 aliphatic carbocycles. The standard InChI is InChI=1S/C18H24BN5O4S2/c1-12-5-3-4-6-16(12)21-18(26)17(13(2)25)23-22-14-7-9-15(10-8-14)30(27,28)24-19-20-11-29-19/h3-6,11,14-15,17,24H,7-10H2,1-2H3,(H,21,26)/t14?,15?,17-/m0/s1. The summed E-state index contributed by atoms with van der Waals surface area (Å²) in [6, 6.07) is 5.84. The minimum atomic E-state index is -3.44. The van der Waals surface area contributed by atoms with Crippen LogP contribution in [0.4, 0.5) is 5.69 Å². The lowest BCUT2D eigenvalue weighted by atomic mass is 9.96. The molecule has 1 amide bonds. The molecule has 0 unspecified atom stereocenters. The van der Waals surface area contributed by atoms with Crippen LogP contribution >= 0.6 is 11.6 Å². The van der Waals surface area contributed by atoms with E-state index >= 15 is 0 Å². The predicted octanol–water partition coefficient (Wildman–Crippen LogP) is 2.33. The Balaban J connectivity index is 1.55. The molecule has 0 radical (unpaired) electrons. The van der Waals surface area contributed by atoms with Crippen LogP contribution < -0.4 is 9.95 Å². The first-order valence-corrected chi connectivity index (χ1v) is 12.2. The van der Waals surface area contributed by atoms with Crippen molar-refractivity contribution < 1.29 is 18.0 Å². The van der Waals surface area contributed by atoms with E-state index in [-0.39, 0.29) is 6.04 Å². The molecule has 2 aliphatic rings. The van der Waals surface area contributed by atoms with E-state index < -0.39 is 39.3 Å². The van der Waals surface area contributed by atoms with E-state index in [4.69, 9.17) is 0 Å². The Bertz CT molecular complexity index is 961. The third-order valence-electron chi connectivity index (χ3n) is 5.12. The second-order valence-electron chi connectivity index (χ2n) is 7.38. The van der Waals surface area contributed by atoms with Gasteiger partial charge in [-0.3, -0.25) is 9.59 Å². The molecule has 0 spiro atoms. The highest BCUT2D eigenvalue weighted by atomic mass is 32.2. The van der Waals surface area contributed by atoms with Crippen LogP contribution in [0.5, 0.6) is 0 Å². The van der Waals surface area contributed by atoms with Crippen molar-refractivity contribution in [2.45, 2.75) is 56.9 Å². The van der Waals surface area contributed by atoms with Crippen LogP contribution in [0.2, 0.25) is 0 Å². The number of amides is 1. The predicted molar refractivity (Wildman–Crippen MR) is 119 cm³/mol. The van der Waals surface area contributed by atoms with Gasteiger partial charge in [0.1, 0.15) is 0 Å². The SMILES string of the molecule is CC(=O)[C@H](N=NC1CCC(S(=O)(=O)NB2N=CS2)CC1)C(=O)Nc1ccccc1C. The molecule has 0 aromatic heterocycles. The van der Waals surface area contributed by atoms with E-state index in [1.165, 1.54) is 18.5 Å². The molecule has 3 rings (SSSR count). The van der Waals surface area contributed by atoms with Crippen molar-refractivity contribution in [1.29, 1.82) is 0 Å². The normalized spacial score (nSPS) is 22.5. The zero-order chi connectivity index (χ0) is 21.7. The first-order valence-electron chi connectivity index (χ1n) is 9.71. The number of para-hydroxylation sites is 1. The molecule has 1 atom stereocenters. The molecule has 1 heterocycles. The lowest BCUT2D eigenvalue weighted by Gasteiger charge is -2.27. The highest BCUT2D eigenvalue weighted by Gasteiger charge is 2.35. The Morgan fingerprint density at radius 1 is 1.23 bits per heavy atom. The van der Waals surface area contributed by atoms with Crippen molar-refractivity contribution in [2.24, 2.45) is 15.1 Å². The van der Waals surface area contributed by atoms with Crippen molar-refractivity contribution in [2.75, 3.05) is 5.32 Å². The number of nitrogens with zero attached hydrogens (tertiary/aromatic N) is 3. The highest BCUT2D eigenvalue weighted by Crippen LogP contribution is 2.27. The smallest absolute Gasteiger partial charge is 0.324 e. The second-order valence-corrected chi connectivity index (χ2v) is 10.3. The van der Waals surface area contributed by atoms with Crippen LogP contribution in [-0.4, -0.2) is 49.2 Å². The minimum Gasteiger partial charge on any atom is -0.324 e. The van der Waals surface area contributed by atoms with Gasteiger partial charge >= 0.3 is 6.26 Å². The van der Waals surface area contributed by atoms with Gasteiger partial charge in [0, 0.05) is 11.2 Å². The molecule has 9 nitrogen and oxygen atoms in total. The van der Waals surface area contributed by atoms with Gasteiger partial charge in [-0.15, -0.1) is 11.6 Å². The number of carbonyl (C=O) groups excluding carboxylic acids is 2. The fourth-order valence-corrected chi connectivity index (χ4v) is 5.58. The van der Waals surface area contributed by atoms with Gasteiger partial charge in [0.25, 0.3) is 5.91 Å². The number of carbonyl (C=O) groups is 2. The van der Waals surface area contributed by atoms with E-state index in [1.807, 2.05) is 19.1 Å². The summed E-state index contributed by atoms with van der Waals surface area (Å²) in [7, 11) is -3.44. The largest absolute Gasteiger partial charge is 0.450 e. The molecular formula is C18H24BN5O4S2. The van der Waals surface area contributed by atoms with Crippen molar-refractivity contribution in [3.8, 4) is 0 Å². The number of nitrogens with one attached hydrogen (secondary N) is 2. The number of azo groups is 1. The van der Waals surface area contributed by atoms with Crippen LogP contribution in [0.25, 0.3) is 0 Å². The van der Waals surface area contributed by atoms with Crippen molar-refractivity contribution in [1.82, 2.24) is 4.63 Å². The van der Waals surface area contributed by atoms with Gasteiger partial charge in [-0.25, -0.2) is 13.1 Å². The number of hydrogen-bond acceptors (Lipinski definition) is 8. The first kappa shape index (κ1) is 22.6. The van der Waals surface area contributed by atoms with Gasteiger partial charge < -0.3 is 10.2 Å². The number of anilines is 1. The number of sulfonamides is 1. The molecule has 0 saturated heterocycles. The zero-order valence-electron chi connectivity index (χ0n) is 16.8. The number of benzene rings is 1. The quantitative estimate of drug-likeness (QED) is 0.358. The summed E-state index contributed by atoms with van der Waals surface area (Å²) in [6.07, 6.45) is 1.52. The fourth-order valence-electron chi connectivity index (χ4n) is 3.28. The zero-order valence-corrected chi connectivity index (χ0v) is 18.4. The van der Waals surface area contributed by atoms with E-state index in [1.54, 1.807) is 17.7 Å². The van der Waals surface area contributed by atoms with Crippen LogP contribution in [0.3, 0.4) is 0 Å². The maximum atomic E-state index is 12.5. The lowest BCUT2D eigenvalue weighted by Crippen LogP contribution is -2.45. The molecule has 1 aromatic carbocycles. The van der Waals surface area contributed by atoms with Gasteiger partial charge in [0.05, 0.1) is 11.3 Å².